The maximum Gasteiger partial charge on any atom is 0.342 e. The van der Waals surface area contributed by atoms with Crippen LogP contribution in [0.25, 0.3) is 15.7 Å². The number of nitrogens with two attached hydrogens (primary N) is 1. The van der Waals surface area contributed by atoms with Crippen molar-refractivity contribution in [2.24, 2.45) is 22.6 Å². The monoisotopic (exact) mass is 440 g/mol. The number of benzene rings is 1. The van der Waals surface area contributed by atoms with E-state index in [0.717, 1.165) is 23.8 Å². The van der Waals surface area contributed by atoms with Crippen LogP contribution in [0.2, 0.25) is 0 Å². The molecule has 7 nitrogen and oxygen atoms in total. The van der Waals surface area contributed by atoms with Gasteiger partial charge in [0.15, 0.2) is 0 Å². The number of thiazole rings is 1. The molecule has 1 aromatic carbocycles. The van der Waals surface area contributed by atoms with Crippen LogP contribution in [0.3, 0.4) is 0 Å². The summed E-state index contributed by atoms with van der Waals surface area (Å²) >= 11 is 1.16. The topological polar surface area (TPSA) is 100 Å². The smallest absolute Gasteiger partial charge is 0.342 e. The molecule has 0 radical (unpaired) electrons. The molecule has 31 heavy (non-hydrogen) atoms. The summed E-state index contributed by atoms with van der Waals surface area (Å²) in [6.07, 6.45) is 8.29. The van der Waals surface area contributed by atoms with Crippen molar-refractivity contribution in [1.29, 1.82) is 0 Å². The molecular weight excluding hydrogens is 419 g/mol. The lowest BCUT2D eigenvalue weighted by Crippen LogP contribution is -2.36. The highest BCUT2D eigenvalue weighted by Gasteiger charge is 2.38. The highest BCUT2D eigenvalue weighted by Crippen LogP contribution is 2.39. The van der Waals surface area contributed by atoms with Crippen LogP contribution in [-0.4, -0.2) is 47.9 Å². The lowest BCUT2D eigenvalue weighted by Gasteiger charge is -2.25. The number of halogens is 1. The van der Waals surface area contributed by atoms with Gasteiger partial charge >= 0.3 is 5.97 Å². The SMILES string of the molecule is CN=Cc1c(N2CC3C=CCC(N)C3C2)c(F)cc2c(=O)c(C(=O)O)c3sccn3c12. The van der Waals surface area contributed by atoms with Crippen LogP contribution >= 0.6 is 11.3 Å². The Labute approximate surface area is 180 Å². The van der Waals surface area contributed by atoms with Gasteiger partial charge in [0, 0.05) is 55.5 Å². The van der Waals surface area contributed by atoms with E-state index in [2.05, 4.69) is 17.1 Å². The summed E-state index contributed by atoms with van der Waals surface area (Å²) in [7, 11) is 1.59. The molecule has 3 N–H and O–H groups in total. The van der Waals surface area contributed by atoms with E-state index in [0.29, 0.717) is 34.7 Å². The number of hydrogen-bond acceptors (Lipinski definition) is 6. The summed E-state index contributed by atoms with van der Waals surface area (Å²) in [5, 5.41) is 11.3. The maximum absolute atomic E-state index is 15.5. The summed E-state index contributed by atoms with van der Waals surface area (Å²) < 4.78 is 17.2. The lowest BCUT2D eigenvalue weighted by molar-refractivity contribution is 0.0697. The van der Waals surface area contributed by atoms with Crippen LogP contribution in [0.1, 0.15) is 22.3 Å². The molecule has 1 aliphatic carbocycles. The molecule has 160 valence electrons. The number of fused-ring (bicyclic) bond motifs is 4. The lowest BCUT2D eigenvalue weighted by atomic mass is 9.83. The predicted molar refractivity (Wildman–Crippen MR) is 120 cm³/mol. The molecule has 9 heteroatoms. The first-order valence-electron chi connectivity index (χ1n) is 10.0. The average Bonchev–Trinajstić information content (AvgIpc) is 3.36. The predicted octanol–water partition coefficient (Wildman–Crippen LogP) is 2.74. The van der Waals surface area contributed by atoms with Crippen LogP contribution < -0.4 is 16.1 Å². The molecule has 2 aliphatic rings. The largest absolute Gasteiger partial charge is 0.477 e. The van der Waals surface area contributed by atoms with Crippen LogP contribution in [-0.2, 0) is 0 Å². The van der Waals surface area contributed by atoms with Crippen molar-refractivity contribution in [1.82, 2.24) is 4.40 Å². The number of carboxylic acids is 1. The van der Waals surface area contributed by atoms with Gasteiger partial charge in [0.25, 0.3) is 0 Å². The number of aromatic nitrogens is 1. The molecule has 0 amide bonds. The standard InChI is InChI=1S/C22H21FN4O3S/c1-25-8-13-18-12(20(28)17(22(29)30)21-27(18)5-6-31-21)7-15(23)19(13)26-9-11-3-2-4-16(24)14(11)10-26/h2-3,5-8,11,14,16H,4,9-10,24H2,1H3,(H,29,30). The van der Waals surface area contributed by atoms with E-state index in [1.165, 1.54) is 0 Å². The van der Waals surface area contributed by atoms with Gasteiger partial charge < -0.3 is 20.1 Å². The highest BCUT2D eigenvalue weighted by atomic mass is 32.1. The van der Waals surface area contributed by atoms with E-state index in [1.807, 2.05) is 4.90 Å². The molecule has 1 fully saturated rings. The first-order chi connectivity index (χ1) is 14.9. The van der Waals surface area contributed by atoms with Gasteiger partial charge in [-0.05, 0) is 18.4 Å². The van der Waals surface area contributed by atoms with E-state index < -0.39 is 17.2 Å². The third kappa shape index (κ3) is 2.91. The normalized spacial score (nSPS) is 23.3. The second-order valence-corrected chi connectivity index (χ2v) is 8.95. The fraction of sp³-hybridized carbons (Fsp3) is 0.318. The average molecular weight is 441 g/mol. The summed E-state index contributed by atoms with van der Waals surface area (Å²) in [6.45, 7) is 1.23. The van der Waals surface area contributed by atoms with Crippen LogP contribution in [0.4, 0.5) is 10.1 Å². The molecule has 0 saturated carbocycles. The molecule has 0 bridgehead atoms. The third-order valence-electron chi connectivity index (χ3n) is 6.34. The van der Waals surface area contributed by atoms with Gasteiger partial charge in [0.1, 0.15) is 16.2 Å². The van der Waals surface area contributed by atoms with Gasteiger partial charge in [-0.1, -0.05) is 12.2 Å². The molecule has 5 rings (SSSR count). The second kappa shape index (κ2) is 7.28. The van der Waals surface area contributed by atoms with Gasteiger partial charge in [-0.2, -0.15) is 0 Å². The maximum atomic E-state index is 15.5. The number of hydrogen-bond donors (Lipinski definition) is 2. The number of rotatable bonds is 3. The molecule has 3 aromatic rings. The van der Waals surface area contributed by atoms with Crippen molar-refractivity contribution in [3.63, 3.8) is 0 Å². The first kappa shape index (κ1) is 19.9. The Hall–Kier alpha value is -3.04. The van der Waals surface area contributed by atoms with E-state index in [4.69, 9.17) is 5.73 Å². The molecule has 3 unspecified atom stereocenters. The zero-order valence-electron chi connectivity index (χ0n) is 16.8. The summed E-state index contributed by atoms with van der Waals surface area (Å²) in [5.41, 5.74) is 6.57. The number of aromatic carboxylic acids is 1. The van der Waals surface area contributed by atoms with E-state index >= 15 is 4.39 Å². The highest BCUT2D eigenvalue weighted by molar-refractivity contribution is 7.16. The zero-order valence-corrected chi connectivity index (χ0v) is 17.6. The summed E-state index contributed by atoms with van der Waals surface area (Å²) in [5.74, 6) is -1.43. The Kier molecular flexibility index (Phi) is 4.67. The van der Waals surface area contributed by atoms with Gasteiger partial charge in [-0.25, -0.2) is 9.18 Å². The Morgan fingerprint density at radius 2 is 2.23 bits per heavy atom. The molecule has 3 heterocycles. The number of anilines is 1. The molecular formula is C22H21FN4O3S. The number of nitrogens with zero attached hydrogens (tertiary/aromatic N) is 3. The van der Waals surface area contributed by atoms with E-state index in [1.54, 1.807) is 29.2 Å². The van der Waals surface area contributed by atoms with Crippen molar-refractivity contribution in [2.45, 2.75) is 12.5 Å². The molecule has 1 saturated heterocycles. The molecule has 2 aromatic heterocycles. The third-order valence-corrected chi connectivity index (χ3v) is 7.22. The molecule has 1 aliphatic heterocycles. The number of carboxylic acid groups (broad SMARTS) is 1. The molecule has 3 atom stereocenters. The Balaban J connectivity index is 1.82. The molecule has 0 spiro atoms. The minimum absolute atomic E-state index is 0.0242. The number of aliphatic imine (C=N–C) groups is 1. The van der Waals surface area contributed by atoms with Crippen LogP contribution in [0.15, 0.2) is 39.6 Å². The van der Waals surface area contributed by atoms with Gasteiger partial charge in [-0.3, -0.25) is 9.79 Å². The zero-order chi connectivity index (χ0) is 21.9. The Morgan fingerprint density at radius 1 is 1.42 bits per heavy atom. The fourth-order valence-corrected chi connectivity index (χ4v) is 5.86. The Morgan fingerprint density at radius 3 is 2.94 bits per heavy atom. The number of carbonyl (C=O) groups is 1. The first-order valence-corrected chi connectivity index (χ1v) is 10.9. The van der Waals surface area contributed by atoms with Crippen molar-refractivity contribution in [3.8, 4) is 0 Å². The van der Waals surface area contributed by atoms with Gasteiger partial charge in [0.2, 0.25) is 5.43 Å². The van der Waals surface area contributed by atoms with Crippen molar-refractivity contribution in [3.05, 3.63) is 57.0 Å². The second-order valence-electron chi connectivity index (χ2n) is 8.05. The van der Waals surface area contributed by atoms with Crippen molar-refractivity contribution < 1.29 is 14.3 Å². The minimum Gasteiger partial charge on any atom is -0.477 e. The van der Waals surface area contributed by atoms with Gasteiger partial charge in [0.05, 0.1) is 16.6 Å². The van der Waals surface area contributed by atoms with Crippen LogP contribution in [0, 0.1) is 17.7 Å². The number of pyridine rings is 1. The van der Waals surface area contributed by atoms with E-state index in [9.17, 15) is 14.7 Å². The fourth-order valence-electron chi connectivity index (χ4n) is 4.99. The van der Waals surface area contributed by atoms with Crippen LogP contribution in [0.5, 0.6) is 0 Å². The Bertz CT molecular complexity index is 1340. The minimum atomic E-state index is -1.33. The van der Waals surface area contributed by atoms with Gasteiger partial charge in [-0.15, -0.1) is 11.3 Å². The summed E-state index contributed by atoms with van der Waals surface area (Å²) in [6, 6.07) is 1.19. The van der Waals surface area contributed by atoms with E-state index in [-0.39, 0.29) is 28.8 Å². The summed E-state index contributed by atoms with van der Waals surface area (Å²) in [4.78, 5) is 31.2. The van der Waals surface area contributed by atoms with Crippen molar-refractivity contribution >= 4 is 44.9 Å². The quantitative estimate of drug-likeness (QED) is 0.482. The van der Waals surface area contributed by atoms with Crippen molar-refractivity contribution in [2.75, 3.05) is 25.0 Å².